The molecule has 4 rings (SSSR count). The zero-order valence-electron chi connectivity index (χ0n) is 15.8. The van der Waals surface area contributed by atoms with Crippen LogP contribution in [-0.2, 0) is 9.53 Å². The van der Waals surface area contributed by atoms with E-state index in [1.54, 1.807) is 12.1 Å². The third-order valence-electron chi connectivity index (χ3n) is 5.18. The lowest BCUT2D eigenvalue weighted by atomic mass is 10.2. The van der Waals surface area contributed by atoms with Gasteiger partial charge in [-0.3, -0.25) is 4.79 Å². The van der Waals surface area contributed by atoms with Gasteiger partial charge < -0.3 is 19.7 Å². The topological polar surface area (TPSA) is 93.7 Å². The molecular formula is C18H21FN5O4S+. The Morgan fingerprint density at radius 3 is 3.03 bits per heavy atom. The molecule has 2 saturated heterocycles. The number of amides is 2. The first-order valence-electron chi connectivity index (χ1n) is 9.25. The first-order chi connectivity index (χ1) is 14.0. The van der Waals surface area contributed by atoms with Crippen LogP contribution in [0.25, 0.3) is 0 Å². The Bertz CT molecular complexity index is 912. The van der Waals surface area contributed by atoms with E-state index < -0.39 is 11.9 Å². The number of benzene rings is 1. The van der Waals surface area contributed by atoms with Crippen LogP contribution >= 0.6 is 11.7 Å². The van der Waals surface area contributed by atoms with Crippen molar-refractivity contribution in [2.24, 2.45) is 0 Å². The fourth-order valence-corrected chi connectivity index (χ4v) is 4.09. The zero-order valence-corrected chi connectivity index (χ0v) is 16.7. The van der Waals surface area contributed by atoms with Crippen LogP contribution in [0, 0.1) is 5.82 Å². The summed E-state index contributed by atoms with van der Waals surface area (Å²) in [5.74, 6) is -0.217. The predicted molar refractivity (Wildman–Crippen MR) is 104 cm³/mol. The van der Waals surface area contributed by atoms with Gasteiger partial charge in [-0.15, -0.1) is 4.37 Å². The average Bonchev–Trinajstić information content (AvgIpc) is 3.42. The summed E-state index contributed by atoms with van der Waals surface area (Å²) in [7, 11) is 0. The Hall–Kier alpha value is -2.79. The number of halogens is 1. The van der Waals surface area contributed by atoms with Gasteiger partial charge in [-0.1, -0.05) is 0 Å². The number of ether oxygens (including phenoxy) is 2. The molecule has 1 aromatic heterocycles. The molecule has 0 spiro atoms. The van der Waals surface area contributed by atoms with Gasteiger partial charge in [0.1, 0.15) is 25.0 Å². The number of nitrogens with zero attached hydrogens (tertiary/aromatic N) is 4. The maximum absolute atomic E-state index is 15.0. The predicted octanol–water partition coefficient (Wildman–Crippen LogP) is 1.89. The van der Waals surface area contributed by atoms with Crippen LogP contribution in [0.3, 0.4) is 0 Å². The van der Waals surface area contributed by atoms with Crippen molar-refractivity contribution in [3.8, 4) is 5.88 Å². The molecule has 154 valence electrons. The number of rotatable bonds is 6. The summed E-state index contributed by atoms with van der Waals surface area (Å²) < 4.78 is 33.3. The van der Waals surface area contributed by atoms with Gasteiger partial charge in [-0.2, -0.15) is 13.7 Å². The van der Waals surface area contributed by atoms with Crippen molar-refractivity contribution >= 4 is 35.1 Å². The highest BCUT2D eigenvalue weighted by molar-refractivity contribution is 6.99. The lowest BCUT2D eigenvalue weighted by Gasteiger charge is -2.27. The molecule has 0 saturated carbocycles. The largest absolute Gasteiger partial charge is 0.524 e. The molecule has 2 aliphatic rings. The van der Waals surface area contributed by atoms with Crippen LogP contribution in [0.1, 0.15) is 13.3 Å². The number of anilines is 1. The van der Waals surface area contributed by atoms with Gasteiger partial charge in [0.05, 0.1) is 17.4 Å². The summed E-state index contributed by atoms with van der Waals surface area (Å²) in [5.41, 5.74) is 0.895. The van der Waals surface area contributed by atoms with Gasteiger partial charge in [0.25, 0.3) is 0 Å². The van der Waals surface area contributed by atoms with E-state index >= 15 is 4.39 Å². The van der Waals surface area contributed by atoms with Gasteiger partial charge in [0.2, 0.25) is 18.5 Å². The summed E-state index contributed by atoms with van der Waals surface area (Å²) in [6.07, 6.45) is 1.72. The number of nitrogens with one attached hydrogen (secondary N) is 1. The van der Waals surface area contributed by atoms with Crippen LogP contribution in [-0.4, -0.2) is 59.8 Å². The van der Waals surface area contributed by atoms with Crippen molar-refractivity contribution < 1.29 is 23.5 Å². The van der Waals surface area contributed by atoms with Gasteiger partial charge in [0.15, 0.2) is 5.82 Å². The summed E-state index contributed by atoms with van der Waals surface area (Å²) in [6, 6.07) is 4.74. The van der Waals surface area contributed by atoms with E-state index in [1.165, 1.54) is 19.2 Å². The molecule has 1 aromatic carbocycles. The van der Waals surface area contributed by atoms with Gasteiger partial charge >= 0.3 is 6.09 Å². The number of hydrogen-bond donors (Lipinski definition) is 1. The average molecular weight is 422 g/mol. The van der Waals surface area contributed by atoms with Crippen LogP contribution in [0.2, 0.25) is 0 Å². The lowest BCUT2D eigenvalue weighted by Crippen LogP contribution is -2.52. The summed E-state index contributed by atoms with van der Waals surface area (Å²) in [4.78, 5) is 25.7. The molecule has 0 bridgehead atoms. The standard InChI is InChI=1S/C18H20FN5O4S/c1-12(25)21-13-4-5-23(10-13)16-3-2-14(8-15(16)19)24(6-7-27-18(24)26)11-28-17-9-20-29-22-17/h2-3,8-9,13H,4-7,10-11H2,1H3/p+1/t13-,24?/m0/s1. The van der Waals surface area contributed by atoms with E-state index in [2.05, 4.69) is 14.1 Å². The normalized spacial score (nSPS) is 23.9. The zero-order chi connectivity index (χ0) is 20.4. The Balaban J connectivity index is 1.55. The van der Waals surface area contributed by atoms with Crippen LogP contribution in [0.5, 0.6) is 5.88 Å². The van der Waals surface area contributed by atoms with Crippen LogP contribution < -0.4 is 19.4 Å². The first kappa shape index (κ1) is 19.5. The quantitative estimate of drug-likeness (QED) is 0.711. The minimum absolute atomic E-state index is 0.00127. The Kier molecular flexibility index (Phi) is 5.33. The van der Waals surface area contributed by atoms with Crippen molar-refractivity contribution in [2.45, 2.75) is 19.4 Å². The van der Waals surface area contributed by atoms with Gasteiger partial charge in [-0.25, -0.2) is 4.39 Å². The smallest absolute Gasteiger partial charge is 0.424 e. The van der Waals surface area contributed by atoms with E-state index in [0.717, 1.165) is 18.1 Å². The van der Waals surface area contributed by atoms with Crippen molar-refractivity contribution in [3.05, 3.63) is 30.2 Å². The molecule has 1 N–H and O–H groups in total. The highest BCUT2D eigenvalue weighted by Crippen LogP contribution is 2.33. The maximum atomic E-state index is 15.0. The number of quaternary nitrogens is 1. The monoisotopic (exact) mass is 422 g/mol. The van der Waals surface area contributed by atoms with Crippen molar-refractivity contribution in [1.29, 1.82) is 0 Å². The summed E-state index contributed by atoms with van der Waals surface area (Å²) in [6.45, 7) is 3.16. The van der Waals surface area contributed by atoms with Gasteiger partial charge in [-0.05, 0) is 12.5 Å². The fraction of sp³-hybridized carbons (Fsp3) is 0.444. The fourth-order valence-electron chi connectivity index (χ4n) is 3.73. The Morgan fingerprint density at radius 1 is 1.52 bits per heavy atom. The molecule has 2 aromatic rings. The molecule has 2 atom stereocenters. The summed E-state index contributed by atoms with van der Waals surface area (Å²) >= 11 is 1.000. The molecule has 11 heteroatoms. The van der Waals surface area contributed by atoms with Crippen LogP contribution in [0.4, 0.5) is 20.6 Å². The number of cyclic esters (lactones) is 1. The number of aromatic nitrogens is 2. The highest BCUT2D eigenvalue weighted by Gasteiger charge is 2.48. The molecule has 2 fully saturated rings. The molecule has 9 nitrogen and oxygen atoms in total. The number of carbonyl (C=O) groups is 2. The van der Waals surface area contributed by atoms with Crippen molar-refractivity contribution in [3.63, 3.8) is 0 Å². The van der Waals surface area contributed by atoms with E-state index in [0.29, 0.717) is 36.9 Å². The maximum Gasteiger partial charge on any atom is 0.524 e. The molecular weight excluding hydrogens is 401 g/mol. The van der Waals surface area contributed by atoms with E-state index in [-0.39, 0.29) is 29.8 Å². The minimum atomic E-state index is -0.493. The summed E-state index contributed by atoms with van der Waals surface area (Å²) in [5, 5.41) is 2.86. The third-order valence-corrected chi connectivity index (χ3v) is 5.65. The molecule has 2 aliphatic heterocycles. The molecule has 0 aliphatic carbocycles. The van der Waals surface area contributed by atoms with Crippen LogP contribution in [0.15, 0.2) is 24.4 Å². The Morgan fingerprint density at radius 2 is 2.38 bits per heavy atom. The molecule has 0 radical (unpaired) electrons. The van der Waals surface area contributed by atoms with E-state index in [9.17, 15) is 9.59 Å². The molecule has 2 amide bonds. The molecule has 3 heterocycles. The lowest BCUT2D eigenvalue weighted by molar-refractivity contribution is -0.119. The molecule has 1 unspecified atom stereocenters. The van der Waals surface area contributed by atoms with Crippen molar-refractivity contribution in [1.82, 2.24) is 18.5 Å². The second kappa shape index (κ2) is 7.91. The second-order valence-electron chi connectivity index (χ2n) is 7.09. The minimum Gasteiger partial charge on any atom is -0.424 e. The first-order valence-corrected chi connectivity index (χ1v) is 9.98. The van der Waals surface area contributed by atoms with Crippen molar-refractivity contribution in [2.75, 3.05) is 37.9 Å². The second-order valence-corrected chi connectivity index (χ2v) is 7.65. The highest BCUT2D eigenvalue weighted by atomic mass is 32.1. The van der Waals surface area contributed by atoms with E-state index in [4.69, 9.17) is 9.47 Å². The Labute approximate surface area is 170 Å². The number of carbonyl (C=O) groups excluding carboxylic acids is 2. The third kappa shape index (κ3) is 3.87. The van der Waals surface area contributed by atoms with Gasteiger partial charge in [0, 0.05) is 38.2 Å². The molecule has 29 heavy (non-hydrogen) atoms. The van der Waals surface area contributed by atoms with E-state index in [1.807, 2.05) is 4.90 Å². The number of hydrogen-bond acceptors (Lipinski definition) is 8. The SMILES string of the molecule is CC(=O)N[C@H]1CCN(c2ccc([N+]3(COc4cnsn4)CCOC3=O)cc2F)C1.